The Balaban J connectivity index is 1.94. The molecule has 10 heteroatoms. The van der Waals surface area contributed by atoms with E-state index in [2.05, 4.69) is 5.32 Å². The molecular weight excluding hydrogens is 394 g/mol. The predicted octanol–water partition coefficient (Wildman–Crippen LogP) is 2.95. The van der Waals surface area contributed by atoms with Gasteiger partial charge >= 0.3 is 0 Å². The van der Waals surface area contributed by atoms with Gasteiger partial charge in [0.05, 0.1) is 18.0 Å². The first-order valence-corrected chi connectivity index (χ1v) is 9.13. The predicted molar refractivity (Wildman–Crippen MR) is 106 cm³/mol. The van der Waals surface area contributed by atoms with Gasteiger partial charge in [0.2, 0.25) is 12.5 Å². The molecule has 156 valence electrons. The minimum absolute atomic E-state index is 0.146. The van der Waals surface area contributed by atoms with E-state index >= 15 is 0 Å². The van der Waals surface area contributed by atoms with E-state index in [0.29, 0.717) is 11.3 Å². The summed E-state index contributed by atoms with van der Waals surface area (Å²) in [5, 5.41) is 24.7. The van der Waals surface area contributed by atoms with Gasteiger partial charge in [0, 0.05) is 29.2 Å². The first kappa shape index (κ1) is 20.9. The fraction of sp³-hybridized carbons (Fsp3) is 0.300. The van der Waals surface area contributed by atoms with E-state index in [9.17, 15) is 29.8 Å². The van der Waals surface area contributed by atoms with Gasteiger partial charge in [-0.1, -0.05) is 12.1 Å². The van der Waals surface area contributed by atoms with Crippen molar-refractivity contribution in [3.8, 4) is 5.75 Å². The lowest BCUT2D eigenvalue weighted by atomic mass is 9.57. The summed E-state index contributed by atoms with van der Waals surface area (Å²) in [5.74, 6) is -1.44. The third-order valence-corrected chi connectivity index (χ3v) is 5.43. The van der Waals surface area contributed by atoms with Crippen LogP contribution in [0, 0.1) is 25.6 Å². The van der Waals surface area contributed by atoms with Crippen LogP contribution in [0.25, 0.3) is 0 Å². The van der Waals surface area contributed by atoms with Crippen LogP contribution in [0.5, 0.6) is 5.75 Å². The molecule has 0 saturated heterocycles. The highest BCUT2D eigenvalue weighted by Gasteiger charge is 2.59. The summed E-state index contributed by atoms with van der Waals surface area (Å²) in [6.07, 6.45) is 0.327. The number of amides is 1. The molecule has 1 N–H and O–H groups in total. The van der Waals surface area contributed by atoms with E-state index in [1.165, 1.54) is 31.4 Å². The number of carbonyl (C=O) groups is 2. The van der Waals surface area contributed by atoms with Crippen molar-refractivity contribution in [2.75, 3.05) is 19.0 Å². The second-order valence-electron chi connectivity index (χ2n) is 6.99. The highest BCUT2D eigenvalue weighted by molar-refractivity contribution is 6.15. The number of anilines is 1. The van der Waals surface area contributed by atoms with Gasteiger partial charge in [0.25, 0.3) is 5.69 Å². The van der Waals surface area contributed by atoms with Gasteiger partial charge in [-0.15, -0.1) is 0 Å². The average Bonchev–Trinajstić information content (AvgIpc) is 2.72. The molecule has 1 aliphatic carbocycles. The number of nitrogens with one attached hydrogen (secondary N) is 1. The molecule has 1 aliphatic rings. The fourth-order valence-corrected chi connectivity index (χ4v) is 3.70. The number of ketones is 1. The van der Waals surface area contributed by atoms with E-state index in [1.807, 2.05) is 0 Å². The summed E-state index contributed by atoms with van der Waals surface area (Å²) in [6.45, 7) is -0.592. The van der Waals surface area contributed by atoms with Crippen molar-refractivity contribution in [3.05, 3.63) is 74.3 Å². The van der Waals surface area contributed by atoms with Crippen molar-refractivity contribution in [2.45, 2.75) is 18.8 Å². The number of benzene rings is 2. The first-order chi connectivity index (χ1) is 14.3. The smallest absolute Gasteiger partial charge is 0.269 e. The highest BCUT2D eigenvalue weighted by atomic mass is 16.6. The summed E-state index contributed by atoms with van der Waals surface area (Å²) in [4.78, 5) is 46.8. The van der Waals surface area contributed by atoms with Crippen molar-refractivity contribution in [1.29, 1.82) is 0 Å². The molecule has 1 saturated carbocycles. The van der Waals surface area contributed by atoms with Gasteiger partial charge in [-0.05, 0) is 36.2 Å². The number of ether oxygens (including phenoxy) is 1. The number of methoxy groups -OCH3 is 1. The summed E-state index contributed by atoms with van der Waals surface area (Å²) >= 11 is 0. The maximum atomic E-state index is 13.2. The number of Topliss-reactive ketones (excluding diaryl/α,β-unsaturated/α-hetero) is 1. The van der Waals surface area contributed by atoms with Crippen LogP contribution in [0.15, 0.2) is 48.5 Å². The van der Waals surface area contributed by atoms with Gasteiger partial charge in [0.1, 0.15) is 16.9 Å². The van der Waals surface area contributed by atoms with Crippen molar-refractivity contribution in [2.24, 2.45) is 5.41 Å². The Morgan fingerprint density at radius 1 is 1.13 bits per heavy atom. The quantitative estimate of drug-likeness (QED) is 0.398. The number of carbonyl (C=O) groups excluding carboxylic acids is 2. The molecule has 30 heavy (non-hydrogen) atoms. The van der Waals surface area contributed by atoms with Crippen LogP contribution in [0.4, 0.5) is 11.4 Å². The molecule has 0 spiro atoms. The molecule has 0 aliphatic heterocycles. The van der Waals surface area contributed by atoms with Crippen molar-refractivity contribution >= 4 is 23.1 Å². The SMILES string of the molecule is COc1ccc([C@H](C[N+](=O)[O-])[C@]2(C(=O)Nc3ccc([N+](=O)[O-])cc3)CCC2=O)cc1. The average molecular weight is 413 g/mol. The van der Waals surface area contributed by atoms with E-state index in [0.717, 1.165) is 0 Å². The zero-order valence-corrected chi connectivity index (χ0v) is 16.1. The molecule has 0 aromatic heterocycles. The Bertz CT molecular complexity index is 988. The Morgan fingerprint density at radius 2 is 1.77 bits per heavy atom. The van der Waals surface area contributed by atoms with E-state index in [4.69, 9.17) is 4.74 Å². The fourth-order valence-electron chi connectivity index (χ4n) is 3.70. The van der Waals surface area contributed by atoms with Crippen LogP contribution in [0.1, 0.15) is 24.3 Å². The number of nitro benzene ring substituents is 1. The molecule has 0 unspecified atom stereocenters. The lowest BCUT2D eigenvalue weighted by Gasteiger charge is -2.43. The monoisotopic (exact) mass is 413 g/mol. The normalized spacial score (nSPS) is 18.8. The molecule has 1 fully saturated rings. The second kappa shape index (κ2) is 8.27. The zero-order valence-electron chi connectivity index (χ0n) is 16.1. The van der Waals surface area contributed by atoms with E-state index in [-0.39, 0.29) is 30.0 Å². The number of non-ortho nitro benzene ring substituents is 1. The maximum absolute atomic E-state index is 13.2. The zero-order chi connectivity index (χ0) is 21.9. The topological polar surface area (TPSA) is 142 Å². The third kappa shape index (κ3) is 3.84. The largest absolute Gasteiger partial charge is 0.497 e. The number of nitrogens with zero attached hydrogens (tertiary/aromatic N) is 2. The third-order valence-electron chi connectivity index (χ3n) is 5.43. The van der Waals surface area contributed by atoms with Crippen LogP contribution in [-0.2, 0) is 9.59 Å². The number of hydrogen-bond acceptors (Lipinski definition) is 7. The maximum Gasteiger partial charge on any atom is 0.269 e. The van der Waals surface area contributed by atoms with Gasteiger partial charge in [-0.25, -0.2) is 0 Å². The van der Waals surface area contributed by atoms with Gasteiger partial charge in [-0.3, -0.25) is 29.8 Å². The molecule has 0 bridgehead atoms. The standard InChI is InChI=1S/C20H19N3O7/c1-30-16-8-2-13(3-9-16)17(12-22(26)27)20(11-10-18(20)24)19(25)21-14-4-6-15(7-5-14)23(28)29/h2-9,17H,10-12H2,1H3,(H,21,25)/t17-,20+/m0/s1. The van der Waals surface area contributed by atoms with Gasteiger partial charge < -0.3 is 10.1 Å². The Kier molecular flexibility index (Phi) is 5.77. The van der Waals surface area contributed by atoms with Crippen molar-refractivity contribution in [1.82, 2.24) is 0 Å². The van der Waals surface area contributed by atoms with E-state index < -0.39 is 33.6 Å². The number of nitro groups is 2. The number of rotatable bonds is 8. The molecule has 10 nitrogen and oxygen atoms in total. The summed E-state index contributed by atoms with van der Waals surface area (Å²) in [5.41, 5.74) is -0.978. The van der Waals surface area contributed by atoms with Crippen LogP contribution >= 0.6 is 0 Å². The Morgan fingerprint density at radius 3 is 2.20 bits per heavy atom. The molecular formula is C20H19N3O7. The van der Waals surface area contributed by atoms with Crippen LogP contribution in [0.3, 0.4) is 0 Å². The van der Waals surface area contributed by atoms with Crippen LogP contribution < -0.4 is 10.1 Å². The summed E-state index contributed by atoms with van der Waals surface area (Å²) in [6, 6.07) is 11.6. The van der Waals surface area contributed by atoms with Crippen LogP contribution in [-0.4, -0.2) is 35.2 Å². The lowest BCUT2D eigenvalue weighted by molar-refractivity contribution is -0.485. The molecule has 2 atom stereocenters. The highest BCUT2D eigenvalue weighted by Crippen LogP contribution is 2.50. The number of hydrogen-bond donors (Lipinski definition) is 1. The molecule has 2 aromatic rings. The summed E-state index contributed by atoms with van der Waals surface area (Å²) in [7, 11) is 1.48. The first-order valence-electron chi connectivity index (χ1n) is 9.13. The van der Waals surface area contributed by atoms with Gasteiger partial charge in [0.15, 0.2) is 0 Å². The lowest BCUT2D eigenvalue weighted by Crippen LogP contribution is -2.55. The van der Waals surface area contributed by atoms with Crippen molar-refractivity contribution in [3.63, 3.8) is 0 Å². The van der Waals surface area contributed by atoms with Crippen molar-refractivity contribution < 1.29 is 24.2 Å². The molecule has 1 amide bonds. The molecule has 3 rings (SSSR count). The van der Waals surface area contributed by atoms with Crippen LogP contribution in [0.2, 0.25) is 0 Å². The minimum atomic E-state index is -1.58. The molecule has 2 aromatic carbocycles. The second-order valence-corrected chi connectivity index (χ2v) is 6.99. The summed E-state index contributed by atoms with van der Waals surface area (Å²) < 4.78 is 5.10. The molecule has 0 radical (unpaired) electrons. The van der Waals surface area contributed by atoms with E-state index in [1.54, 1.807) is 24.3 Å². The Labute approximate surface area is 171 Å². The minimum Gasteiger partial charge on any atom is -0.497 e. The Hall–Kier alpha value is -3.82. The molecule has 0 heterocycles. The van der Waals surface area contributed by atoms with Gasteiger partial charge in [-0.2, -0.15) is 0 Å².